The van der Waals surface area contributed by atoms with Gasteiger partial charge in [0.15, 0.2) is 0 Å². The summed E-state index contributed by atoms with van der Waals surface area (Å²) in [6.07, 6.45) is 2.23. The molecule has 1 atom stereocenters. The largest absolute Gasteiger partial charge is 0.243 e. The van der Waals surface area contributed by atoms with E-state index < -0.39 is 20.0 Å². The minimum atomic E-state index is -3.87. The van der Waals surface area contributed by atoms with Crippen molar-refractivity contribution in [1.82, 2.24) is 9.03 Å². The highest BCUT2D eigenvalue weighted by atomic mass is 32.2. The van der Waals surface area contributed by atoms with E-state index in [4.69, 9.17) is 0 Å². The molecule has 1 aliphatic rings. The first-order valence-corrected chi connectivity index (χ1v) is 12.4. The first-order chi connectivity index (χ1) is 13.6. The van der Waals surface area contributed by atoms with Crippen LogP contribution in [0.5, 0.6) is 0 Å². The van der Waals surface area contributed by atoms with E-state index in [1.165, 1.54) is 40.7 Å². The highest BCUT2D eigenvalue weighted by Crippen LogP contribution is 2.25. The summed E-state index contributed by atoms with van der Waals surface area (Å²) in [5.41, 5.74) is 0.670. The molecule has 1 aliphatic carbocycles. The Balaban J connectivity index is 1.87. The number of benzene rings is 2. The molecule has 6 nitrogen and oxygen atoms in total. The summed E-state index contributed by atoms with van der Waals surface area (Å²) in [5.74, 6) is -0.386. The summed E-state index contributed by atoms with van der Waals surface area (Å²) in [7, 11) is -7.52. The van der Waals surface area contributed by atoms with Gasteiger partial charge in [-0.25, -0.2) is 25.9 Å². The van der Waals surface area contributed by atoms with E-state index in [1.807, 2.05) is 6.92 Å². The smallest absolute Gasteiger partial charge is 0.208 e. The van der Waals surface area contributed by atoms with E-state index >= 15 is 0 Å². The van der Waals surface area contributed by atoms with Crippen LogP contribution in [0.2, 0.25) is 0 Å². The van der Waals surface area contributed by atoms with E-state index in [-0.39, 0.29) is 34.2 Å². The fourth-order valence-electron chi connectivity index (χ4n) is 2.87. The molecule has 1 N–H and O–H groups in total. The van der Waals surface area contributed by atoms with Crippen LogP contribution < -0.4 is 4.72 Å². The van der Waals surface area contributed by atoms with Crippen LogP contribution in [0.15, 0.2) is 58.3 Å². The third-order valence-electron chi connectivity index (χ3n) is 4.97. The average molecular weight is 441 g/mol. The molecule has 29 heavy (non-hydrogen) atoms. The monoisotopic (exact) mass is 440 g/mol. The molecule has 3 rings (SSSR count). The Morgan fingerprint density at radius 2 is 1.55 bits per heavy atom. The van der Waals surface area contributed by atoms with Crippen LogP contribution in [0.3, 0.4) is 0 Å². The van der Waals surface area contributed by atoms with Crippen LogP contribution in [0.1, 0.15) is 38.7 Å². The lowest BCUT2D eigenvalue weighted by atomic mass is 10.2. The molecule has 0 spiro atoms. The summed E-state index contributed by atoms with van der Waals surface area (Å²) < 4.78 is 68.2. The lowest BCUT2D eigenvalue weighted by molar-refractivity contribution is 0.323. The van der Waals surface area contributed by atoms with Gasteiger partial charge in [0.25, 0.3) is 0 Å². The Hall–Kier alpha value is -1.81. The number of sulfonamides is 2. The molecule has 0 heterocycles. The van der Waals surface area contributed by atoms with Crippen molar-refractivity contribution >= 4 is 20.0 Å². The van der Waals surface area contributed by atoms with Crippen molar-refractivity contribution in [3.8, 4) is 0 Å². The molecular weight excluding hydrogens is 415 g/mol. The predicted octanol–water partition coefficient (Wildman–Crippen LogP) is 3.26. The number of rotatable bonds is 9. The van der Waals surface area contributed by atoms with Crippen LogP contribution in [-0.4, -0.2) is 33.2 Å². The number of halogens is 1. The second kappa shape index (κ2) is 8.51. The van der Waals surface area contributed by atoms with Crippen LogP contribution in [0.25, 0.3) is 0 Å². The van der Waals surface area contributed by atoms with E-state index in [9.17, 15) is 21.2 Å². The molecule has 1 unspecified atom stereocenters. The van der Waals surface area contributed by atoms with Crippen LogP contribution in [0, 0.1) is 5.82 Å². The topological polar surface area (TPSA) is 83.6 Å². The quantitative estimate of drug-likeness (QED) is 0.649. The maximum absolute atomic E-state index is 13.2. The van der Waals surface area contributed by atoms with Gasteiger partial charge in [-0.05, 0) is 68.1 Å². The maximum Gasteiger partial charge on any atom is 0.243 e. The number of nitrogens with zero attached hydrogens (tertiary/aromatic N) is 1. The summed E-state index contributed by atoms with van der Waals surface area (Å²) in [5, 5.41) is 0. The van der Waals surface area contributed by atoms with Gasteiger partial charge in [-0.15, -0.1) is 0 Å². The maximum atomic E-state index is 13.2. The molecule has 1 fully saturated rings. The first-order valence-electron chi connectivity index (χ1n) is 9.52. The summed E-state index contributed by atoms with van der Waals surface area (Å²) in [4.78, 5) is 0.0576. The zero-order chi connectivity index (χ0) is 21.2. The Morgan fingerprint density at radius 3 is 2.07 bits per heavy atom. The van der Waals surface area contributed by atoms with Crippen molar-refractivity contribution in [2.45, 2.75) is 61.5 Å². The van der Waals surface area contributed by atoms with Gasteiger partial charge in [-0.1, -0.05) is 19.1 Å². The molecule has 2 aromatic rings. The highest BCUT2D eigenvalue weighted by molar-refractivity contribution is 7.89. The minimum absolute atomic E-state index is 0.0188. The van der Waals surface area contributed by atoms with Gasteiger partial charge in [0.2, 0.25) is 20.0 Å². The number of hydrogen-bond acceptors (Lipinski definition) is 4. The number of nitrogens with one attached hydrogen (secondary N) is 1. The Morgan fingerprint density at radius 1 is 1.00 bits per heavy atom. The molecule has 0 bridgehead atoms. The van der Waals surface area contributed by atoms with Crippen molar-refractivity contribution in [3.63, 3.8) is 0 Å². The fourth-order valence-corrected chi connectivity index (χ4v) is 5.86. The molecule has 1 saturated carbocycles. The molecule has 0 aromatic heterocycles. The lowest BCUT2D eigenvalue weighted by Crippen LogP contribution is -2.37. The fraction of sp³-hybridized carbons (Fsp3) is 0.400. The van der Waals surface area contributed by atoms with Crippen molar-refractivity contribution in [2.75, 3.05) is 0 Å². The molecule has 0 saturated heterocycles. The Bertz CT molecular complexity index is 1050. The van der Waals surface area contributed by atoms with E-state index in [0.29, 0.717) is 12.0 Å². The summed E-state index contributed by atoms with van der Waals surface area (Å²) >= 11 is 0. The van der Waals surface area contributed by atoms with Gasteiger partial charge in [-0.3, -0.25) is 0 Å². The van der Waals surface area contributed by atoms with Gasteiger partial charge in [-0.2, -0.15) is 4.31 Å². The van der Waals surface area contributed by atoms with E-state index in [0.717, 1.165) is 12.8 Å². The van der Waals surface area contributed by atoms with Crippen LogP contribution in [-0.2, 0) is 26.6 Å². The van der Waals surface area contributed by atoms with Crippen LogP contribution in [0.4, 0.5) is 4.39 Å². The van der Waals surface area contributed by atoms with Gasteiger partial charge >= 0.3 is 0 Å². The van der Waals surface area contributed by atoms with Crippen molar-refractivity contribution in [1.29, 1.82) is 0 Å². The second-order valence-electron chi connectivity index (χ2n) is 7.30. The molecule has 2 aromatic carbocycles. The molecule has 158 valence electrons. The Labute approximate surface area is 171 Å². The summed E-state index contributed by atoms with van der Waals surface area (Å²) in [6, 6.07) is 10.6. The molecule has 0 aliphatic heterocycles. The standard InChI is InChI=1S/C20H25FN2O4S2/c1-3-15(2)23(14-16-4-6-17(21)7-5-16)29(26,27)20-12-10-19(11-13-20)28(24,25)22-18-8-9-18/h4-7,10-13,15,18,22H,3,8-9,14H2,1-2H3. The Kier molecular flexibility index (Phi) is 6.42. The van der Waals surface area contributed by atoms with Crippen molar-refractivity contribution in [3.05, 3.63) is 59.9 Å². The SMILES string of the molecule is CCC(C)N(Cc1ccc(F)cc1)S(=O)(=O)c1ccc(S(=O)(=O)NC2CC2)cc1. The highest BCUT2D eigenvalue weighted by Gasteiger charge is 2.30. The third kappa shape index (κ3) is 5.22. The molecular formula is C20H25FN2O4S2. The predicted molar refractivity (Wildman–Crippen MR) is 109 cm³/mol. The molecule has 0 amide bonds. The van der Waals surface area contributed by atoms with E-state index in [2.05, 4.69) is 4.72 Å². The third-order valence-corrected chi connectivity index (χ3v) is 8.48. The van der Waals surface area contributed by atoms with Crippen LogP contribution >= 0.6 is 0 Å². The molecule has 9 heteroatoms. The molecule has 0 radical (unpaired) electrons. The zero-order valence-electron chi connectivity index (χ0n) is 16.4. The number of hydrogen-bond donors (Lipinski definition) is 1. The van der Waals surface area contributed by atoms with Crippen molar-refractivity contribution < 1.29 is 21.2 Å². The summed E-state index contributed by atoms with van der Waals surface area (Å²) in [6.45, 7) is 3.79. The zero-order valence-corrected chi connectivity index (χ0v) is 18.0. The minimum Gasteiger partial charge on any atom is -0.208 e. The van der Waals surface area contributed by atoms with E-state index in [1.54, 1.807) is 19.1 Å². The van der Waals surface area contributed by atoms with Gasteiger partial charge < -0.3 is 0 Å². The first kappa shape index (κ1) is 21.9. The van der Waals surface area contributed by atoms with Gasteiger partial charge in [0.1, 0.15) is 5.82 Å². The van der Waals surface area contributed by atoms with Gasteiger partial charge in [0.05, 0.1) is 9.79 Å². The van der Waals surface area contributed by atoms with Crippen molar-refractivity contribution in [2.24, 2.45) is 0 Å². The van der Waals surface area contributed by atoms with Gasteiger partial charge in [0, 0.05) is 18.6 Å². The normalized spacial score (nSPS) is 16.1. The lowest BCUT2D eigenvalue weighted by Gasteiger charge is -2.28. The average Bonchev–Trinajstić information content (AvgIpc) is 3.50. The second-order valence-corrected chi connectivity index (χ2v) is 10.9.